The van der Waals surface area contributed by atoms with Crippen molar-refractivity contribution in [1.29, 1.82) is 0 Å². The number of aryl methyl sites for hydroxylation is 3. The second-order valence-electron chi connectivity index (χ2n) is 5.51. The number of thiophene rings is 1. The van der Waals surface area contributed by atoms with Crippen molar-refractivity contribution in [1.82, 2.24) is 14.8 Å². The molecule has 128 valence electrons. The molecule has 3 heterocycles. The molecule has 25 heavy (non-hydrogen) atoms. The van der Waals surface area contributed by atoms with Gasteiger partial charge in [0.2, 0.25) is 0 Å². The average molecular weight is 357 g/mol. The van der Waals surface area contributed by atoms with E-state index in [9.17, 15) is 14.9 Å². The Morgan fingerprint density at radius 2 is 2.04 bits per heavy atom. The first-order valence-electron chi connectivity index (χ1n) is 7.41. The number of pyridine rings is 1. The van der Waals surface area contributed by atoms with Gasteiger partial charge in [-0.25, -0.2) is 9.67 Å². The fraction of sp³-hybridized carbons (Fsp3) is 0.188. The normalized spacial score (nSPS) is 10.7. The molecule has 0 aliphatic heterocycles. The fourth-order valence-corrected chi connectivity index (χ4v) is 3.29. The van der Waals surface area contributed by atoms with Crippen LogP contribution in [0.1, 0.15) is 25.9 Å². The van der Waals surface area contributed by atoms with Crippen molar-refractivity contribution < 1.29 is 9.72 Å². The largest absolute Gasteiger partial charge is 0.320 e. The van der Waals surface area contributed by atoms with Crippen LogP contribution in [0.5, 0.6) is 0 Å². The van der Waals surface area contributed by atoms with Crippen LogP contribution in [0.2, 0.25) is 0 Å². The molecule has 0 saturated heterocycles. The maximum atomic E-state index is 12.2. The highest BCUT2D eigenvalue weighted by Gasteiger charge is 2.19. The van der Waals surface area contributed by atoms with E-state index in [0.717, 1.165) is 22.7 Å². The summed E-state index contributed by atoms with van der Waals surface area (Å²) < 4.78 is 1.72. The predicted octanol–water partition coefficient (Wildman–Crippen LogP) is 3.41. The Kier molecular flexibility index (Phi) is 4.32. The van der Waals surface area contributed by atoms with Crippen LogP contribution in [0.3, 0.4) is 0 Å². The van der Waals surface area contributed by atoms with Crippen LogP contribution in [-0.2, 0) is 0 Å². The SMILES string of the molecule is Cc1cc(C)n(-c2ccc(NC(=O)c3cc([N+](=O)[O-])c(C)s3)cn2)n1. The Hall–Kier alpha value is -3.07. The number of nitrogens with zero attached hydrogens (tertiary/aromatic N) is 4. The molecule has 9 heteroatoms. The third kappa shape index (κ3) is 3.41. The average Bonchev–Trinajstić information content (AvgIpc) is 3.10. The van der Waals surface area contributed by atoms with Crippen LogP contribution in [0, 0.1) is 30.9 Å². The number of carbonyl (C=O) groups excluding carboxylic acids is 1. The highest BCUT2D eigenvalue weighted by molar-refractivity contribution is 7.14. The lowest BCUT2D eigenvalue weighted by atomic mass is 10.3. The number of amides is 1. The smallest absolute Gasteiger partial charge is 0.283 e. The molecule has 3 aromatic rings. The molecule has 0 spiro atoms. The van der Waals surface area contributed by atoms with Gasteiger partial charge in [0.1, 0.15) is 0 Å². The molecule has 0 atom stereocenters. The highest BCUT2D eigenvalue weighted by atomic mass is 32.1. The molecule has 0 aromatic carbocycles. The summed E-state index contributed by atoms with van der Waals surface area (Å²) in [5, 5.41) is 17.9. The number of nitro groups is 1. The van der Waals surface area contributed by atoms with Crippen LogP contribution in [-0.4, -0.2) is 25.6 Å². The molecule has 0 fully saturated rings. The number of hydrogen-bond acceptors (Lipinski definition) is 6. The molecule has 1 amide bonds. The predicted molar refractivity (Wildman–Crippen MR) is 94.5 cm³/mol. The van der Waals surface area contributed by atoms with E-state index >= 15 is 0 Å². The molecule has 0 bridgehead atoms. The first kappa shape index (κ1) is 16.8. The van der Waals surface area contributed by atoms with Gasteiger partial charge in [0.25, 0.3) is 11.6 Å². The first-order valence-corrected chi connectivity index (χ1v) is 8.22. The molecule has 3 rings (SSSR count). The van der Waals surface area contributed by atoms with Gasteiger partial charge in [0, 0.05) is 11.8 Å². The molecular formula is C16H15N5O3S. The summed E-state index contributed by atoms with van der Waals surface area (Å²) >= 11 is 1.09. The lowest BCUT2D eigenvalue weighted by Gasteiger charge is -2.06. The molecule has 1 N–H and O–H groups in total. The number of aromatic nitrogens is 3. The number of nitrogens with one attached hydrogen (secondary N) is 1. The second kappa shape index (κ2) is 6.44. The third-order valence-electron chi connectivity index (χ3n) is 3.54. The summed E-state index contributed by atoms with van der Waals surface area (Å²) in [6.07, 6.45) is 1.53. The van der Waals surface area contributed by atoms with Crippen molar-refractivity contribution in [3.8, 4) is 5.82 Å². The third-order valence-corrected chi connectivity index (χ3v) is 4.58. The summed E-state index contributed by atoms with van der Waals surface area (Å²) in [4.78, 5) is 27.7. The molecule has 0 aliphatic carbocycles. The van der Waals surface area contributed by atoms with Crippen LogP contribution in [0.4, 0.5) is 11.4 Å². The first-order chi connectivity index (χ1) is 11.8. The summed E-state index contributed by atoms with van der Waals surface area (Å²) in [6.45, 7) is 5.45. The van der Waals surface area contributed by atoms with Gasteiger partial charge in [0.15, 0.2) is 5.82 Å². The van der Waals surface area contributed by atoms with E-state index in [1.54, 1.807) is 23.7 Å². The number of hydrogen-bond donors (Lipinski definition) is 1. The van der Waals surface area contributed by atoms with Gasteiger partial charge < -0.3 is 5.32 Å². The Morgan fingerprint density at radius 1 is 1.28 bits per heavy atom. The Labute approximate surface area is 147 Å². The van der Waals surface area contributed by atoms with Crippen molar-refractivity contribution in [3.63, 3.8) is 0 Å². The molecule has 0 radical (unpaired) electrons. The maximum Gasteiger partial charge on any atom is 0.283 e. The van der Waals surface area contributed by atoms with Gasteiger partial charge in [-0.3, -0.25) is 14.9 Å². The second-order valence-corrected chi connectivity index (χ2v) is 6.76. The number of carbonyl (C=O) groups is 1. The van der Waals surface area contributed by atoms with Crippen LogP contribution >= 0.6 is 11.3 Å². The molecule has 0 aliphatic rings. The van der Waals surface area contributed by atoms with Gasteiger partial charge in [-0.2, -0.15) is 5.10 Å². The van der Waals surface area contributed by atoms with Gasteiger partial charge in [-0.1, -0.05) is 0 Å². The Bertz CT molecular complexity index is 959. The van der Waals surface area contributed by atoms with E-state index in [1.807, 2.05) is 19.9 Å². The van der Waals surface area contributed by atoms with E-state index < -0.39 is 10.8 Å². The van der Waals surface area contributed by atoms with Crippen LogP contribution in [0.15, 0.2) is 30.5 Å². The van der Waals surface area contributed by atoms with Crippen molar-refractivity contribution in [3.05, 3.63) is 61.7 Å². The molecular weight excluding hydrogens is 342 g/mol. The summed E-state index contributed by atoms with van der Waals surface area (Å²) in [7, 11) is 0. The van der Waals surface area contributed by atoms with Crippen molar-refractivity contribution in [2.45, 2.75) is 20.8 Å². The van der Waals surface area contributed by atoms with Crippen LogP contribution < -0.4 is 5.32 Å². The standard InChI is InChI=1S/C16H15N5O3S/c1-9-6-10(2)20(19-9)15-5-4-12(8-17-15)18-16(22)14-7-13(21(23)24)11(3)25-14/h4-8H,1-3H3,(H,18,22). The molecule has 8 nitrogen and oxygen atoms in total. The zero-order chi connectivity index (χ0) is 18.1. The quantitative estimate of drug-likeness (QED) is 0.569. The molecule has 0 unspecified atom stereocenters. The lowest BCUT2D eigenvalue weighted by molar-refractivity contribution is -0.385. The minimum Gasteiger partial charge on any atom is -0.320 e. The minimum atomic E-state index is -0.493. The topological polar surface area (TPSA) is 103 Å². The van der Waals surface area contributed by atoms with E-state index in [1.165, 1.54) is 12.3 Å². The monoisotopic (exact) mass is 357 g/mol. The lowest BCUT2D eigenvalue weighted by Crippen LogP contribution is -2.11. The van der Waals surface area contributed by atoms with E-state index in [2.05, 4.69) is 15.4 Å². The van der Waals surface area contributed by atoms with Crippen molar-refractivity contribution in [2.24, 2.45) is 0 Å². The minimum absolute atomic E-state index is 0.0480. The summed E-state index contributed by atoms with van der Waals surface area (Å²) in [5.41, 5.74) is 2.31. The number of anilines is 1. The molecule has 0 saturated carbocycles. The van der Waals surface area contributed by atoms with Crippen molar-refractivity contribution >= 4 is 28.6 Å². The Morgan fingerprint density at radius 3 is 2.56 bits per heavy atom. The Balaban J connectivity index is 1.77. The molecule has 3 aromatic heterocycles. The van der Waals surface area contributed by atoms with Gasteiger partial charge in [-0.15, -0.1) is 11.3 Å². The summed E-state index contributed by atoms with van der Waals surface area (Å²) in [6, 6.07) is 6.69. The van der Waals surface area contributed by atoms with E-state index in [4.69, 9.17) is 0 Å². The van der Waals surface area contributed by atoms with Crippen LogP contribution in [0.25, 0.3) is 5.82 Å². The van der Waals surface area contributed by atoms with Gasteiger partial charge >= 0.3 is 0 Å². The van der Waals surface area contributed by atoms with Gasteiger partial charge in [0.05, 0.1) is 32.3 Å². The maximum absolute atomic E-state index is 12.2. The van der Waals surface area contributed by atoms with Gasteiger partial charge in [-0.05, 0) is 39.0 Å². The zero-order valence-electron chi connectivity index (χ0n) is 13.8. The fourth-order valence-electron chi connectivity index (χ4n) is 2.40. The van der Waals surface area contributed by atoms with E-state index in [0.29, 0.717) is 16.4 Å². The zero-order valence-corrected chi connectivity index (χ0v) is 14.6. The number of rotatable bonds is 4. The van der Waals surface area contributed by atoms with E-state index in [-0.39, 0.29) is 10.6 Å². The van der Waals surface area contributed by atoms with Crippen molar-refractivity contribution in [2.75, 3.05) is 5.32 Å². The summed E-state index contributed by atoms with van der Waals surface area (Å²) in [5.74, 6) is 0.244. The highest BCUT2D eigenvalue weighted by Crippen LogP contribution is 2.28.